The lowest BCUT2D eigenvalue weighted by atomic mass is 9.74. The van der Waals surface area contributed by atoms with Crippen molar-refractivity contribution in [3.8, 4) is 11.5 Å². The van der Waals surface area contributed by atoms with Crippen LogP contribution in [0.15, 0.2) is 78.4 Å². The summed E-state index contributed by atoms with van der Waals surface area (Å²) in [6.07, 6.45) is 14.0. The summed E-state index contributed by atoms with van der Waals surface area (Å²) in [7, 11) is 0. The topological polar surface area (TPSA) is 44.8 Å². The molecule has 0 bridgehead atoms. The first-order valence-corrected chi connectivity index (χ1v) is 17.2. The zero-order chi connectivity index (χ0) is 32.1. The van der Waals surface area contributed by atoms with Crippen molar-refractivity contribution in [3.05, 3.63) is 95.1 Å². The molecule has 1 fully saturated rings. The summed E-state index contributed by atoms with van der Waals surface area (Å²) < 4.78 is 19.3. The van der Waals surface area contributed by atoms with Crippen LogP contribution in [-0.2, 0) is 16.0 Å². The second kappa shape index (κ2) is 12.0. The van der Waals surface area contributed by atoms with Crippen LogP contribution < -0.4 is 9.47 Å². The summed E-state index contributed by atoms with van der Waals surface area (Å²) in [5, 5.41) is 4.57. The molecule has 0 aromatic heterocycles. The molecule has 7 rings (SSSR count). The van der Waals surface area contributed by atoms with Crippen molar-refractivity contribution in [3.63, 3.8) is 0 Å². The number of hydrogen-bond acceptors (Lipinski definition) is 4. The van der Waals surface area contributed by atoms with Crippen LogP contribution in [-0.4, -0.2) is 17.4 Å². The highest BCUT2D eigenvalue weighted by Gasteiger charge is 2.44. The largest absolute Gasteiger partial charge is 0.460 e. The summed E-state index contributed by atoms with van der Waals surface area (Å²) >= 11 is 0. The first-order chi connectivity index (χ1) is 22.1. The fourth-order valence-electron chi connectivity index (χ4n) is 7.74. The van der Waals surface area contributed by atoms with Crippen molar-refractivity contribution in [2.75, 3.05) is 0 Å². The van der Waals surface area contributed by atoms with Gasteiger partial charge in [0.25, 0.3) is 5.79 Å². The maximum absolute atomic E-state index is 13.3. The molecule has 2 unspecified atom stereocenters. The Labute approximate surface area is 273 Å². The molecule has 1 aliphatic carbocycles. The van der Waals surface area contributed by atoms with E-state index in [9.17, 15) is 4.79 Å². The van der Waals surface area contributed by atoms with Crippen LogP contribution in [0, 0.1) is 17.8 Å². The van der Waals surface area contributed by atoms with Crippen LogP contribution in [0.1, 0.15) is 89.8 Å². The third-order valence-electron chi connectivity index (χ3n) is 10.4. The number of hydrogen-bond donors (Lipinski definition) is 0. The second-order valence-corrected chi connectivity index (χ2v) is 14.7. The number of carbonyl (C=O) groups is 1. The Morgan fingerprint density at radius 1 is 0.891 bits per heavy atom. The van der Waals surface area contributed by atoms with E-state index in [4.69, 9.17) is 14.2 Å². The molecule has 46 heavy (non-hydrogen) atoms. The van der Waals surface area contributed by atoms with Crippen molar-refractivity contribution in [2.45, 2.75) is 91.0 Å². The molecule has 0 amide bonds. The molecule has 0 N–H and O–H groups in total. The van der Waals surface area contributed by atoms with Crippen molar-refractivity contribution >= 4 is 39.7 Å². The third-order valence-corrected chi connectivity index (χ3v) is 10.4. The van der Waals surface area contributed by atoms with Crippen LogP contribution >= 0.6 is 0 Å². The molecule has 238 valence electrons. The highest BCUT2D eigenvalue weighted by atomic mass is 16.7. The molecular weight excluding hydrogens is 568 g/mol. The van der Waals surface area contributed by atoms with Crippen LogP contribution in [0.2, 0.25) is 0 Å². The van der Waals surface area contributed by atoms with E-state index in [-0.39, 0.29) is 12.4 Å². The number of ether oxygens (including phenoxy) is 3. The van der Waals surface area contributed by atoms with E-state index < -0.39 is 11.4 Å². The van der Waals surface area contributed by atoms with Crippen molar-refractivity contribution < 1.29 is 19.0 Å². The van der Waals surface area contributed by atoms with Gasteiger partial charge in [0.2, 0.25) is 0 Å². The molecule has 1 spiro atoms. The Bertz CT molecular complexity index is 1850. The van der Waals surface area contributed by atoms with Gasteiger partial charge in [-0.05, 0) is 122 Å². The molecule has 4 aromatic carbocycles. The van der Waals surface area contributed by atoms with Gasteiger partial charge >= 0.3 is 5.97 Å². The van der Waals surface area contributed by atoms with Gasteiger partial charge in [0, 0.05) is 22.8 Å². The smallest absolute Gasteiger partial charge is 0.310 e. The number of benzene rings is 4. The van der Waals surface area contributed by atoms with Gasteiger partial charge in [0.1, 0.15) is 17.1 Å². The molecule has 0 saturated heterocycles. The third kappa shape index (κ3) is 5.95. The van der Waals surface area contributed by atoms with E-state index in [2.05, 4.69) is 74.5 Å². The zero-order valence-corrected chi connectivity index (χ0v) is 27.9. The van der Waals surface area contributed by atoms with Gasteiger partial charge < -0.3 is 14.2 Å². The fraction of sp³-hybridized carbons (Fsp3) is 0.405. The minimum absolute atomic E-state index is 0.0533. The summed E-state index contributed by atoms with van der Waals surface area (Å²) in [5.74, 6) is 2.40. The number of carbonyl (C=O) groups excluding carboxylic acids is 1. The molecule has 2 heterocycles. The average molecular weight is 615 g/mol. The van der Waals surface area contributed by atoms with Crippen LogP contribution in [0.3, 0.4) is 0 Å². The lowest BCUT2D eigenvalue weighted by Crippen LogP contribution is -2.46. The first-order valence-electron chi connectivity index (χ1n) is 17.2. The van der Waals surface area contributed by atoms with Gasteiger partial charge in [-0.25, -0.2) is 0 Å². The van der Waals surface area contributed by atoms with Crippen molar-refractivity contribution in [2.24, 2.45) is 17.8 Å². The number of fused-ring (bicyclic) bond motifs is 6. The van der Waals surface area contributed by atoms with E-state index >= 15 is 0 Å². The molecule has 4 nitrogen and oxygen atoms in total. The molecular formula is C42H46O4. The van der Waals surface area contributed by atoms with Gasteiger partial charge in [-0.1, -0.05) is 74.9 Å². The summed E-state index contributed by atoms with van der Waals surface area (Å²) in [5.41, 5.74) is 3.51. The standard InChI is InChI=1S/C42H46O4/c1-6-27(2)30-14-11-28(12-15-30)23-29-13-18-35-32(24-29)17-20-39-37(35)25-33(26-40(43)46-41(3,4)5)42(45-39)22-21-36-34-10-8-7-9-31(34)16-19-38(36)44-42/h7-10,13,16-22,24-25,27-28,30H,6,11-12,14-15,23,26H2,1-5H3. The van der Waals surface area contributed by atoms with Crippen molar-refractivity contribution in [1.82, 2.24) is 0 Å². The van der Waals surface area contributed by atoms with Crippen LogP contribution in [0.25, 0.3) is 33.7 Å². The minimum Gasteiger partial charge on any atom is -0.460 e. The van der Waals surface area contributed by atoms with E-state index in [1.54, 1.807) is 0 Å². The molecule has 1 saturated carbocycles. The Balaban J connectivity index is 1.21. The van der Waals surface area contributed by atoms with Gasteiger partial charge in [-0.15, -0.1) is 0 Å². The molecule has 0 radical (unpaired) electrons. The quantitative estimate of drug-likeness (QED) is 0.203. The van der Waals surface area contributed by atoms with Gasteiger partial charge in [0.15, 0.2) is 0 Å². The molecule has 4 aromatic rings. The van der Waals surface area contributed by atoms with Crippen LogP contribution in [0.5, 0.6) is 11.5 Å². The van der Waals surface area contributed by atoms with E-state index in [1.165, 1.54) is 43.1 Å². The Hall–Kier alpha value is -4.05. The van der Waals surface area contributed by atoms with E-state index in [0.29, 0.717) is 0 Å². The van der Waals surface area contributed by atoms with Crippen molar-refractivity contribution in [1.29, 1.82) is 0 Å². The second-order valence-electron chi connectivity index (χ2n) is 14.7. The monoisotopic (exact) mass is 614 g/mol. The average Bonchev–Trinajstić information content (AvgIpc) is 3.04. The maximum atomic E-state index is 13.3. The SMILES string of the molecule is CCC(C)C1CCC(Cc2ccc3c4c(ccc3c2)OC2(C=Cc3c(ccc5ccccc35)O2)C(CC(=O)OC(C)(C)C)=C4)CC1. The lowest BCUT2D eigenvalue weighted by molar-refractivity contribution is -0.155. The maximum Gasteiger partial charge on any atom is 0.310 e. The normalized spacial score (nSPS) is 22.8. The molecule has 2 atom stereocenters. The van der Waals surface area contributed by atoms with Crippen LogP contribution in [0.4, 0.5) is 0 Å². The highest BCUT2D eigenvalue weighted by Crippen LogP contribution is 2.47. The Morgan fingerprint density at radius 3 is 2.33 bits per heavy atom. The highest BCUT2D eigenvalue weighted by molar-refractivity contribution is 5.97. The van der Waals surface area contributed by atoms with Gasteiger partial charge in [-0.2, -0.15) is 0 Å². The zero-order valence-electron chi connectivity index (χ0n) is 27.9. The lowest BCUT2D eigenvalue weighted by Gasteiger charge is -2.40. The van der Waals surface area contributed by atoms with Gasteiger partial charge in [0.05, 0.1) is 6.42 Å². The Morgan fingerprint density at radius 2 is 1.59 bits per heavy atom. The van der Waals surface area contributed by atoms with E-state index in [1.807, 2.05) is 45.0 Å². The summed E-state index contributed by atoms with van der Waals surface area (Å²) in [6.45, 7) is 10.4. The molecule has 3 aliphatic rings. The summed E-state index contributed by atoms with van der Waals surface area (Å²) in [6, 6.07) is 23.4. The predicted octanol–water partition coefficient (Wildman–Crippen LogP) is 10.7. The summed E-state index contributed by atoms with van der Waals surface area (Å²) in [4.78, 5) is 13.3. The van der Waals surface area contributed by atoms with E-state index in [0.717, 1.165) is 68.5 Å². The predicted molar refractivity (Wildman–Crippen MR) is 188 cm³/mol. The minimum atomic E-state index is -1.25. The number of rotatable bonds is 6. The molecule has 4 heteroatoms. The van der Waals surface area contributed by atoms with Gasteiger partial charge in [-0.3, -0.25) is 4.79 Å². The first kappa shape index (κ1) is 30.6. The number of esters is 1. The Kier molecular flexibility index (Phi) is 7.95. The fourth-order valence-corrected chi connectivity index (χ4v) is 7.74. The molecule has 2 aliphatic heterocycles.